The largest absolute Gasteiger partial charge is 0.206 e. The molecule has 0 bridgehead atoms. The van der Waals surface area contributed by atoms with Gasteiger partial charge in [-0.3, -0.25) is 0 Å². The first-order valence-corrected chi connectivity index (χ1v) is 8.22. The van der Waals surface area contributed by atoms with Crippen LogP contribution < -0.4 is 0 Å². The van der Waals surface area contributed by atoms with Crippen molar-refractivity contribution in [2.75, 3.05) is 0 Å². The maximum Gasteiger partial charge on any atom is 0.138 e. The summed E-state index contributed by atoms with van der Waals surface area (Å²) in [6, 6.07) is 21.0. The number of thiocyanates is 1. The minimum absolute atomic E-state index is 0.267. The Balaban J connectivity index is 1.86. The third kappa shape index (κ3) is 3.40. The van der Waals surface area contributed by atoms with E-state index in [1.807, 2.05) is 54.6 Å². The van der Waals surface area contributed by atoms with E-state index in [2.05, 4.69) is 12.0 Å². The van der Waals surface area contributed by atoms with Crippen LogP contribution in [0, 0.1) is 16.5 Å². The van der Waals surface area contributed by atoms with Gasteiger partial charge in [0.15, 0.2) is 0 Å². The maximum absolute atomic E-state index is 13.9. The molecule has 0 atom stereocenters. The third-order valence-corrected chi connectivity index (χ3v) is 4.39. The molecule has 24 heavy (non-hydrogen) atoms. The van der Waals surface area contributed by atoms with Crippen LogP contribution in [0.2, 0.25) is 0 Å². The first-order valence-electron chi connectivity index (χ1n) is 7.40. The van der Waals surface area contributed by atoms with E-state index in [9.17, 15) is 4.39 Å². The zero-order valence-corrected chi connectivity index (χ0v) is 13.7. The Morgan fingerprint density at radius 1 is 0.833 bits per heavy atom. The van der Waals surface area contributed by atoms with Crippen molar-refractivity contribution < 1.29 is 4.39 Å². The molecule has 0 heterocycles. The number of halogens is 1. The highest BCUT2D eigenvalue weighted by Gasteiger charge is 2.04. The monoisotopic (exact) mass is 331 g/mol. The molecule has 0 radical (unpaired) electrons. The predicted octanol–water partition coefficient (Wildman–Crippen LogP) is 6.38. The normalized spacial score (nSPS) is 10.2. The van der Waals surface area contributed by atoms with Crippen molar-refractivity contribution in [2.45, 2.75) is 4.90 Å². The van der Waals surface area contributed by atoms with Crippen LogP contribution in [-0.2, 0) is 0 Å². The number of nitriles is 1. The van der Waals surface area contributed by atoms with Crippen molar-refractivity contribution in [3.63, 3.8) is 0 Å². The van der Waals surface area contributed by atoms with Crippen LogP contribution in [0.4, 0.5) is 4.39 Å². The second kappa shape index (κ2) is 7.16. The van der Waals surface area contributed by atoms with Gasteiger partial charge >= 0.3 is 0 Å². The summed E-state index contributed by atoms with van der Waals surface area (Å²) < 4.78 is 13.9. The van der Waals surface area contributed by atoms with E-state index < -0.39 is 0 Å². The lowest BCUT2D eigenvalue weighted by atomic mass is 9.99. The van der Waals surface area contributed by atoms with Gasteiger partial charge in [-0.25, -0.2) is 4.39 Å². The predicted molar refractivity (Wildman–Crippen MR) is 98.8 cm³/mol. The molecule has 0 amide bonds. The SMILES string of the molecule is C=Cc1ccc(-c2ccc(-c3ccc(SC#N)cc3)cc2)cc1F. The number of hydrogen-bond donors (Lipinski definition) is 0. The lowest BCUT2D eigenvalue weighted by Crippen LogP contribution is -1.85. The summed E-state index contributed by atoms with van der Waals surface area (Å²) in [4.78, 5) is 0.927. The number of benzene rings is 3. The Labute approximate surface area is 145 Å². The molecule has 0 spiro atoms. The second-order valence-electron chi connectivity index (χ2n) is 5.24. The van der Waals surface area contributed by atoms with Gasteiger partial charge in [-0.2, -0.15) is 5.26 Å². The van der Waals surface area contributed by atoms with Gasteiger partial charge in [0.05, 0.1) is 0 Å². The van der Waals surface area contributed by atoms with E-state index in [4.69, 9.17) is 5.26 Å². The molecule has 0 aliphatic heterocycles. The molecule has 0 saturated carbocycles. The molecule has 0 aliphatic rings. The molecule has 1 nitrogen and oxygen atoms in total. The molecule has 0 aromatic heterocycles. The van der Waals surface area contributed by atoms with Gasteiger partial charge in [0.1, 0.15) is 11.2 Å². The molecule has 3 aromatic rings. The Hall–Kier alpha value is -2.83. The Morgan fingerprint density at radius 3 is 1.83 bits per heavy atom. The minimum atomic E-state index is -0.267. The number of rotatable bonds is 4. The first kappa shape index (κ1) is 16.0. The van der Waals surface area contributed by atoms with Crippen LogP contribution in [0.15, 0.2) is 78.2 Å². The lowest BCUT2D eigenvalue weighted by molar-refractivity contribution is 0.625. The molecular weight excluding hydrogens is 317 g/mol. The summed E-state index contributed by atoms with van der Waals surface area (Å²) in [5.74, 6) is -0.267. The summed E-state index contributed by atoms with van der Waals surface area (Å²) >= 11 is 1.15. The smallest absolute Gasteiger partial charge is 0.138 e. The summed E-state index contributed by atoms with van der Waals surface area (Å²) in [5, 5.41) is 10.7. The van der Waals surface area contributed by atoms with Crippen LogP contribution in [0.3, 0.4) is 0 Å². The highest BCUT2D eigenvalue weighted by atomic mass is 32.2. The molecule has 3 rings (SSSR count). The fraction of sp³-hybridized carbons (Fsp3) is 0. The van der Waals surface area contributed by atoms with Gasteiger partial charge in [0.2, 0.25) is 0 Å². The van der Waals surface area contributed by atoms with E-state index in [0.29, 0.717) is 5.56 Å². The molecular formula is C21H14FNS. The van der Waals surface area contributed by atoms with Gasteiger partial charge < -0.3 is 0 Å². The van der Waals surface area contributed by atoms with Crippen LogP contribution in [0.1, 0.15) is 5.56 Å². The Kier molecular flexibility index (Phi) is 4.79. The van der Waals surface area contributed by atoms with Gasteiger partial charge in [-0.1, -0.05) is 61.2 Å². The van der Waals surface area contributed by atoms with Crippen LogP contribution in [-0.4, -0.2) is 0 Å². The van der Waals surface area contributed by atoms with E-state index in [1.54, 1.807) is 6.07 Å². The van der Waals surface area contributed by atoms with Gasteiger partial charge in [0.25, 0.3) is 0 Å². The molecule has 0 saturated heterocycles. The molecule has 0 N–H and O–H groups in total. The highest BCUT2D eigenvalue weighted by molar-refractivity contribution is 8.03. The first-order chi connectivity index (χ1) is 11.7. The van der Waals surface area contributed by atoms with Crippen LogP contribution in [0.5, 0.6) is 0 Å². The maximum atomic E-state index is 13.9. The van der Waals surface area contributed by atoms with Crippen molar-refractivity contribution >= 4 is 17.8 Å². The summed E-state index contributed by atoms with van der Waals surface area (Å²) in [5.41, 5.74) is 4.47. The molecule has 0 unspecified atom stereocenters. The van der Waals surface area contributed by atoms with E-state index in [-0.39, 0.29) is 5.82 Å². The van der Waals surface area contributed by atoms with Gasteiger partial charge in [0, 0.05) is 10.5 Å². The van der Waals surface area contributed by atoms with Crippen molar-refractivity contribution in [3.8, 4) is 27.7 Å². The number of nitrogens with zero attached hydrogens (tertiary/aromatic N) is 1. The van der Waals surface area contributed by atoms with Crippen LogP contribution in [0.25, 0.3) is 28.3 Å². The van der Waals surface area contributed by atoms with E-state index >= 15 is 0 Å². The van der Waals surface area contributed by atoms with Crippen molar-refractivity contribution in [1.29, 1.82) is 5.26 Å². The van der Waals surface area contributed by atoms with E-state index in [1.165, 1.54) is 12.1 Å². The summed E-state index contributed by atoms with van der Waals surface area (Å²) in [7, 11) is 0. The topological polar surface area (TPSA) is 23.8 Å². The average molecular weight is 331 g/mol. The molecule has 116 valence electrons. The minimum Gasteiger partial charge on any atom is -0.206 e. The average Bonchev–Trinajstić information content (AvgIpc) is 2.63. The Morgan fingerprint density at radius 2 is 1.33 bits per heavy atom. The number of thioether (sulfide) groups is 1. The van der Waals surface area contributed by atoms with Crippen LogP contribution >= 0.6 is 11.8 Å². The molecule has 0 fully saturated rings. The second-order valence-corrected chi connectivity index (χ2v) is 6.09. The zero-order chi connectivity index (χ0) is 16.9. The zero-order valence-electron chi connectivity index (χ0n) is 12.9. The fourth-order valence-corrected chi connectivity index (χ4v) is 2.87. The molecule has 0 aliphatic carbocycles. The summed E-state index contributed by atoms with van der Waals surface area (Å²) in [6.07, 6.45) is 1.51. The van der Waals surface area contributed by atoms with Crippen molar-refractivity contribution in [2.24, 2.45) is 0 Å². The van der Waals surface area contributed by atoms with E-state index in [0.717, 1.165) is 38.9 Å². The van der Waals surface area contributed by atoms with Crippen molar-refractivity contribution in [1.82, 2.24) is 0 Å². The summed E-state index contributed by atoms with van der Waals surface area (Å²) in [6.45, 7) is 3.60. The van der Waals surface area contributed by atoms with Crippen molar-refractivity contribution in [3.05, 3.63) is 84.7 Å². The molecule has 3 aromatic carbocycles. The Bertz CT molecular complexity index is 906. The molecule has 3 heteroatoms. The lowest BCUT2D eigenvalue weighted by Gasteiger charge is -2.07. The third-order valence-electron chi connectivity index (χ3n) is 3.79. The van der Waals surface area contributed by atoms with Gasteiger partial charge in [-0.15, -0.1) is 0 Å². The standard InChI is InChI=1S/C21H14FNS/c1-2-15-3-8-19(13-21(15)22)18-6-4-16(5-7-18)17-9-11-20(12-10-17)24-14-23/h2-13H,1H2. The highest BCUT2D eigenvalue weighted by Crippen LogP contribution is 2.27. The quantitative estimate of drug-likeness (QED) is 0.409. The number of hydrogen-bond acceptors (Lipinski definition) is 2. The fourth-order valence-electron chi connectivity index (χ4n) is 2.50. The van der Waals surface area contributed by atoms with Gasteiger partial charge in [-0.05, 0) is 52.2 Å².